The molecular weight excluding hydrogens is 122 g/mol. The van der Waals surface area contributed by atoms with Crippen molar-refractivity contribution in [2.24, 2.45) is 5.73 Å². The van der Waals surface area contributed by atoms with Crippen molar-refractivity contribution in [1.29, 1.82) is 0 Å². The van der Waals surface area contributed by atoms with Gasteiger partial charge in [0.15, 0.2) is 0 Å². The normalized spacial score (nSPS) is 2.40. The minimum Gasteiger partial charge on any atom is -0.333 e. The van der Waals surface area contributed by atoms with E-state index in [0.717, 1.165) is 0 Å². The van der Waals surface area contributed by atoms with Crippen molar-refractivity contribution >= 4 is 0 Å². The van der Waals surface area contributed by atoms with Crippen molar-refractivity contribution in [3.63, 3.8) is 0 Å². The van der Waals surface area contributed by atoms with Crippen LogP contribution in [0.3, 0.4) is 0 Å². The Morgan fingerprint density at radius 1 is 0.500 bits per heavy atom. The molecule has 0 aromatic carbocycles. The zero-order chi connectivity index (χ0) is 8.00. The molecule has 0 aliphatic carbocycles. The lowest BCUT2D eigenvalue weighted by atomic mass is 11.0. The van der Waals surface area contributed by atoms with Crippen LogP contribution in [0.15, 0.2) is 0 Å². The minimum absolute atomic E-state index is 0. The number of hydrogen-bond donors (Lipinski definition) is 1. The average Bonchev–Trinajstić information content (AvgIpc) is 2.03. The second-order valence-corrected chi connectivity index (χ2v) is 0. The van der Waals surface area contributed by atoms with Gasteiger partial charge in [-0.25, -0.2) is 0 Å². The molecule has 0 saturated heterocycles. The first-order valence-corrected chi connectivity index (χ1v) is 3.58. The largest absolute Gasteiger partial charge is 0.333 e. The van der Waals surface area contributed by atoms with E-state index in [1.54, 1.807) is 0 Å². The predicted molar refractivity (Wildman–Crippen MR) is 57.6 cm³/mol. The maximum absolute atomic E-state index is 4.50. The molecule has 0 rings (SSSR count). The molecule has 0 fully saturated rings. The predicted octanol–water partition coefficient (Wildman–Crippen LogP) is 3.93. The Bertz CT molecular complexity index is 4.69. The Kier molecular flexibility index (Phi) is 1810000. The summed E-state index contributed by atoms with van der Waals surface area (Å²) in [5.74, 6) is 0. The fraction of sp³-hybridized carbons (Fsp3) is 1.00. The summed E-state index contributed by atoms with van der Waals surface area (Å²) >= 11 is 0. The average molecular weight is 153 g/mol. The molecule has 0 aliphatic heterocycles. The van der Waals surface area contributed by atoms with E-state index in [4.69, 9.17) is 0 Å². The van der Waals surface area contributed by atoms with Crippen LogP contribution in [0.4, 0.5) is 0 Å². The molecule has 0 heterocycles. The Balaban J connectivity index is -0.00000000500. The molecule has 10 heavy (non-hydrogen) atoms. The summed E-state index contributed by atoms with van der Waals surface area (Å²) in [4.78, 5) is 0. The molecule has 1 nitrogen and oxygen atoms in total. The highest BCUT2D eigenvalue weighted by atomic mass is 14.4. The SMILES string of the molecule is C.C.CC.CC.CC.CN. The van der Waals surface area contributed by atoms with Gasteiger partial charge in [-0.05, 0) is 7.05 Å². The first-order chi connectivity index (χ1) is 4.00. The third-order valence-corrected chi connectivity index (χ3v) is 0. The van der Waals surface area contributed by atoms with Gasteiger partial charge in [0.25, 0.3) is 0 Å². The van der Waals surface area contributed by atoms with Crippen LogP contribution >= 0.6 is 0 Å². The minimum atomic E-state index is 0. The van der Waals surface area contributed by atoms with Crippen LogP contribution in [-0.4, -0.2) is 7.05 Å². The van der Waals surface area contributed by atoms with Crippen LogP contribution in [0.5, 0.6) is 0 Å². The topological polar surface area (TPSA) is 26.0 Å². The number of rotatable bonds is 0. The molecule has 1 heteroatoms. The van der Waals surface area contributed by atoms with Gasteiger partial charge in [-0.2, -0.15) is 0 Å². The first kappa shape index (κ1) is 51.0. The fourth-order valence-corrected chi connectivity index (χ4v) is 0. The van der Waals surface area contributed by atoms with Gasteiger partial charge >= 0.3 is 0 Å². The van der Waals surface area contributed by atoms with E-state index in [1.807, 2.05) is 41.5 Å². The lowest BCUT2D eigenvalue weighted by Gasteiger charge is -1.19. The molecule has 0 atom stereocenters. The number of nitrogens with two attached hydrogens (primary N) is 1. The molecule has 0 amide bonds. The summed E-state index contributed by atoms with van der Waals surface area (Å²) < 4.78 is 0. The zero-order valence-electron chi connectivity index (χ0n) is 7.58. The molecule has 0 aromatic rings. The van der Waals surface area contributed by atoms with Crippen LogP contribution in [0, 0.1) is 0 Å². The number of hydrogen-bond acceptors (Lipinski definition) is 1. The molecule has 0 aliphatic rings. The molecule has 0 unspecified atom stereocenters. The second-order valence-electron chi connectivity index (χ2n) is 0. The molecule has 72 valence electrons. The summed E-state index contributed by atoms with van der Waals surface area (Å²) in [6.07, 6.45) is 0. The van der Waals surface area contributed by atoms with Crippen molar-refractivity contribution in [3.8, 4) is 0 Å². The Labute approximate surface area is 70.0 Å². The van der Waals surface area contributed by atoms with E-state index < -0.39 is 0 Å². The van der Waals surface area contributed by atoms with E-state index >= 15 is 0 Å². The highest BCUT2D eigenvalue weighted by Gasteiger charge is 0.936. The van der Waals surface area contributed by atoms with E-state index in [1.165, 1.54) is 7.05 Å². The van der Waals surface area contributed by atoms with Crippen LogP contribution in [-0.2, 0) is 0 Å². The van der Waals surface area contributed by atoms with Crippen molar-refractivity contribution in [1.82, 2.24) is 0 Å². The monoisotopic (exact) mass is 153 g/mol. The second kappa shape index (κ2) is 355000. The molecular formula is C9H31N. The van der Waals surface area contributed by atoms with Gasteiger partial charge < -0.3 is 5.73 Å². The van der Waals surface area contributed by atoms with Crippen LogP contribution < -0.4 is 5.73 Å². The van der Waals surface area contributed by atoms with Crippen LogP contribution in [0.1, 0.15) is 56.4 Å². The van der Waals surface area contributed by atoms with E-state index in [0.29, 0.717) is 0 Å². The van der Waals surface area contributed by atoms with Crippen molar-refractivity contribution in [2.45, 2.75) is 56.4 Å². The molecule has 2 N–H and O–H groups in total. The Morgan fingerprint density at radius 2 is 0.500 bits per heavy atom. The highest BCUT2D eigenvalue weighted by molar-refractivity contribution is 3.54. The quantitative estimate of drug-likeness (QED) is 0.561. The summed E-state index contributed by atoms with van der Waals surface area (Å²) in [6.45, 7) is 12.0. The van der Waals surface area contributed by atoms with Gasteiger partial charge in [0, 0.05) is 0 Å². The van der Waals surface area contributed by atoms with E-state index in [-0.39, 0.29) is 14.9 Å². The molecule has 0 saturated carbocycles. The van der Waals surface area contributed by atoms with Crippen LogP contribution in [0.2, 0.25) is 0 Å². The van der Waals surface area contributed by atoms with Gasteiger partial charge in [-0.15, -0.1) is 0 Å². The summed E-state index contributed by atoms with van der Waals surface area (Å²) in [6, 6.07) is 0. The third kappa shape index (κ3) is 241000. The Morgan fingerprint density at radius 3 is 0.500 bits per heavy atom. The molecule has 0 bridgehead atoms. The lowest BCUT2D eigenvalue weighted by Crippen LogP contribution is -1.69. The summed E-state index contributed by atoms with van der Waals surface area (Å²) in [5.41, 5.74) is 4.50. The van der Waals surface area contributed by atoms with Gasteiger partial charge in [0.05, 0.1) is 0 Å². The highest BCUT2D eigenvalue weighted by Crippen LogP contribution is 1.15. The van der Waals surface area contributed by atoms with Gasteiger partial charge in [0.2, 0.25) is 0 Å². The first-order valence-electron chi connectivity index (χ1n) is 3.58. The lowest BCUT2D eigenvalue weighted by molar-refractivity contribution is 1.48. The van der Waals surface area contributed by atoms with Gasteiger partial charge in [-0.3, -0.25) is 0 Å². The maximum atomic E-state index is 4.50. The molecule has 0 radical (unpaired) electrons. The fourth-order valence-electron chi connectivity index (χ4n) is 0. The standard InChI is InChI=1S/3C2H6.CH5N.2CH4/c4*1-2;;/h3*1-2H3;2H2,1H3;2*1H4. The van der Waals surface area contributed by atoms with Crippen molar-refractivity contribution in [2.75, 3.05) is 7.05 Å². The van der Waals surface area contributed by atoms with E-state index in [9.17, 15) is 0 Å². The Hall–Kier alpha value is -0.0400. The van der Waals surface area contributed by atoms with Gasteiger partial charge in [-0.1, -0.05) is 56.4 Å². The molecule has 0 spiro atoms. The maximum Gasteiger partial charge on any atom is -0.0195 e. The van der Waals surface area contributed by atoms with E-state index in [2.05, 4.69) is 5.73 Å². The summed E-state index contributed by atoms with van der Waals surface area (Å²) in [7, 11) is 1.50. The third-order valence-electron chi connectivity index (χ3n) is 0. The summed E-state index contributed by atoms with van der Waals surface area (Å²) in [5, 5.41) is 0. The molecule has 0 aromatic heterocycles. The zero-order valence-corrected chi connectivity index (χ0v) is 7.58. The van der Waals surface area contributed by atoms with Gasteiger partial charge in [0.1, 0.15) is 0 Å². The van der Waals surface area contributed by atoms with Crippen molar-refractivity contribution in [3.05, 3.63) is 0 Å². The van der Waals surface area contributed by atoms with Crippen molar-refractivity contribution < 1.29 is 0 Å². The smallest absolute Gasteiger partial charge is 0.0195 e. The van der Waals surface area contributed by atoms with Crippen LogP contribution in [0.25, 0.3) is 0 Å².